The highest BCUT2D eigenvalue weighted by molar-refractivity contribution is 5.94. The van der Waals surface area contributed by atoms with Crippen LogP contribution in [0.25, 0.3) is 11.4 Å². The summed E-state index contributed by atoms with van der Waals surface area (Å²) in [6.07, 6.45) is 0.784. The molecule has 0 spiro atoms. The summed E-state index contributed by atoms with van der Waals surface area (Å²) in [5, 5.41) is 11.0. The number of ether oxygens (including phenoxy) is 2. The molecule has 0 aliphatic carbocycles. The Morgan fingerprint density at radius 1 is 1.07 bits per heavy atom. The number of hydrogen-bond donors (Lipinski definition) is 3. The van der Waals surface area contributed by atoms with Gasteiger partial charge in [-0.15, -0.1) is 0 Å². The van der Waals surface area contributed by atoms with Crippen LogP contribution in [0.4, 0.5) is 0 Å². The number of amides is 2. The quantitative estimate of drug-likeness (QED) is 0.299. The molecule has 5 rings (SSSR count). The average molecular weight is 615 g/mol. The number of aromatic nitrogens is 5. The normalized spacial score (nSPS) is 16.8. The lowest BCUT2D eigenvalue weighted by Gasteiger charge is -2.25. The van der Waals surface area contributed by atoms with Gasteiger partial charge in [0.1, 0.15) is 12.4 Å². The van der Waals surface area contributed by atoms with Crippen LogP contribution < -0.4 is 20.1 Å². The lowest BCUT2D eigenvalue weighted by atomic mass is 10.0. The molecule has 4 aromatic rings. The summed E-state index contributed by atoms with van der Waals surface area (Å²) < 4.78 is 13.4. The Morgan fingerprint density at radius 3 is 2.58 bits per heavy atom. The third-order valence-electron chi connectivity index (χ3n) is 7.80. The van der Waals surface area contributed by atoms with Crippen molar-refractivity contribution in [3.63, 3.8) is 0 Å². The zero-order valence-electron chi connectivity index (χ0n) is 26.6. The number of methoxy groups -OCH3 is 1. The van der Waals surface area contributed by atoms with E-state index in [1.54, 1.807) is 30.0 Å². The van der Waals surface area contributed by atoms with Gasteiger partial charge in [0.25, 0.3) is 5.91 Å². The zero-order valence-corrected chi connectivity index (χ0v) is 26.6. The molecule has 3 N–H and O–H groups in total. The van der Waals surface area contributed by atoms with E-state index in [4.69, 9.17) is 24.5 Å². The van der Waals surface area contributed by atoms with Crippen LogP contribution in [0.15, 0.2) is 48.5 Å². The highest BCUT2D eigenvalue weighted by Crippen LogP contribution is 2.29. The van der Waals surface area contributed by atoms with Crippen molar-refractivity contribution in [2.45, 2.75) is 53.2 Å². The summed E-state index contributed by atoms with van der Waals surface area (Å²) in [4.78, 5) is 41.8. The summed E-state index contributed by atoms with van der Waals surface area (Å²) >= 11 is 0. The second-order valence-electron chi connectivity index (χ2n) is 11.5. The summed E-state index contributed by atoms with van der Waals surface area (Å²) in [5.74, 6) is 2.71. The maximum Gasteiger partial charge on any atom is 0.251 e. The van der Waals surface area contributed by atoms with Crippen LogP contribution in [0.5, 0.6) is 11.5 Å². The number of H-pyrrole nitrogens is 1. The van der Waals surface area contributed by atoms with E-state index in [2.05, 4.69) is 15.6 Å². The minimum absolute atomic E-state index is 0.0220. The molecule has 0 unspecified atom stereocenters. The average Bonchev–Trinajstić information content (AvgIpc) is 3.62. The van der Waals surface area contributed by atoms with Crippen LogP contribution in [-0.2, 0) is 24.3 Å². The lowest BCUT2D eigenvalue weighted by Crippen LogP contribution is -2.43. The molecule has 45 heavy (non-hydrogen) atoms. The van der Waals surface area contributed by atoms with Crippen molar-refractivity contribution < 1.29 is 19.1 Å². The third-order valence-corrected chi connectivity index (χ3v) is 7.80. The number of nitrogens with one attached hydrogen (secondary N) is 3. The van der Waals surface area contributed by atoms with Gasteiger partial charge in [-0.3, -0.25) is 14.5 Å². The number of nitrogens with zero attached hydrogens (tertiary/aromatic N) is 5. The Hall–Kier alpha value is -4.71. The molecule has 1 aliphatic rings. The number of carbonyl (C=O) groups is 2. The largest absolute Gasteiger partial charge is 0.493 e. The van der Waals surface area contributed by atoms with E-state index in [-0.39, 0.29) is 30.9 Å². The number of aryl methyl sites for hydroxylation is 2. The van der Waals surface area contributed by atoms with Crippen molar-refractivity contribution in [3.05, 3.63) is 77.1 Å². The van der Waals surface area contributed by atoms with Crippen LogP contribution in [-0.4, -0.2) is 74.8 Å². The Labute approximate surface area is 263 Å². The van der Waals surface area contributed by atoms with Gasteiger partial charge in [0.2, 0.25) is 5.91 Å². The maximum atomic E-state index is 13.7. The molecule has 12 heteroatoms. The van der Waals surface area contributed by atoms with Gasteiger partial charge in [-0.1, -0.05) is 51.1 Å². The monoisotopic (exact) mass is 614 g/mol. The minimum Gasteiger partial charge on any atom is -0.493 e. The number of carbonyl (C=O) groups excluding carboxylic acids is 2. The zero-order chi connectivity index (χ0) is 31.9. The molecule has 1 aliphatic heterocycles. The van der Waals surface area contributed by atoms with E-state index < -0.39 is 6.04 Å². The highest BCUT2D eigenvalue weighted by Gasteiger charge is 2.27. The predicted molar refractivity (Wildman–Crippen MR) is 170 cm³/mol. The number of hydrogen-bond acceptors (Lipinski definition) is 8. The van der Waals surface area contributed by atoms with Crippen LogP contribution in [0.1, 0.15) is 60.2 Å². The van der Waals surface area contributed by atoms with Crippen LogP contribution in [0, 0.1) is 12.8 Å². The van der Waals surface area contributed by atoms with Gasteiger partial charge in [-0.2, -0.15) is 5.10 Å². The van der Waals surface area contributed by atoms with E-state index >= 15 is 0 Å². The van der Waals surface area contributed by atoms with Gasteiger partial charge in [0.05, 0.1) is 31.9 Å². The molecule has 2 amide bonds. The molecule has 1 atom stereocenters. The second-order valence-corrected chi connectivity index (χ2v) is 11.5. The number of fused-ring (bicyclic) bond motifs is 3. The van der Waals surface area contributed by atoms with E-state index in [0.29, 0.717) is 54.9 Å². The first-order chi connectivity index (χ1) is 21.7. The number of aromatic amines is 1. The highest BCUT2D eigenvalue weighted by atomic mass is 16.5. The van der Waals surface area contributed by atoms with Gasteiger partial charge in [-0.05, 0) is 31.0 Å². The van der Waals surface area contributed by atoms with Crippen LogP contribution in [0.3, 0.4) is 0 Å². The van der Waals surface area contributed by atoms with Crippen LogP contribution >= 0.6 is 0 Å². The third kappa shape index (κ3) is 7.69. The number of rotatable bonds is 6. The summed E-state index contributed by atoms with van der Waals surface area (Å²) in [6, 6.07) is 14.5. The molecular formula is C33H42N8O4. The minimum atomic E-state index is -0.406. The molecule has 0 fully saturated rings. The first-order valence-electron chi connectivity index (χ1n) is 15.4. The fraction of sp³-hybridized carbons (Fsp3) is 0.424. The Bertz CT molecular complexity index is 1610. The molecule has 2 aromatic heterocycles. The molecule has 12 nitrogen and oxygen atoms in total. The Morgan fingerprint density at radius 2 is 1.87 bits per heavy atom. The van der Waals surface area contributed by atoms with Gasteiger partial charge in [-0.25, -0.2) is 14.6 Å². The molecular weight excluding hydrogens is 572 g/mol. The summed E-state index contributed by atoms with van der Waals surface area (Å²) in [7, 11) is 1.56. The topological polar surface area (TPSA) is 139 Å². The van der Waals surface area contributed by atoms with E-state index in [9.17, 15) is 9.59 Å². The summed E-state index contributed by atoms with van der Waals surface area (Å²) in [6.45, 7) is 10.1. The molecule has 0 radical (unpaired) electrons. The smallest absolute Gasteiger partial charge is 0.251 e. The fourth-order valence-electron chi connectivity index (χ4n) is 5.32. The Balaban J connectivity index is 1.50. The van der Waals surface area contributed by atoms with Crippen LogP contribution in [0.2, 0.25) is 0 Å². The first kappa shape index (κ1) is 31.7. The second kappa shape index (κ2) is 14.4. The van der Waals surface area contributed by atoms with Gasteiger partial charge < -0.3 is 25.1 Å². The maximum absolute atomic E-state index is 13.7. The molecule has 2 bridgehead atoms. The van der Waals surface area contributed by atoms with E-state index in [1.807, 2.05) is 62.9 Å². The molecule has 238 valence electrons. The van der Waals surface area contributed by atoms with Gasteiger partial charge in [0.15, 0.2) is 23.1 Å². The van der Waals surface area contributed by atoms with E-state index in [0.717, 1.165) is 29.2 Å². The van der Waals surface area contributed by atoms with E-state index in [1.165, 1.54) is 0 Å². The SMILES string of the molecule is CCc1nc(CN2CCNC(=O)c3ccc(OC)c(c3)OCCn3nc(-c4ccccc4)nc3[C@@H](C(C)C)NC(=O)C2)c(C)[nH]1. The van der Waals surface area contributed by atoms with Crippen molar-refractivity contribution in [1.82, 2.24) is 40.3 Å². The predicted octanol–water partition coefficient (Wildman–Crippen LogP) is 3.69. The van der Waals surface area contributed by atoms with Crippen molar-refractivity contribution >= 4 is 11.8 Å². The molecule has 0 saturated carbocycles. The van der Waals surface area contributed by atoms with Crippen molar-refractivity contribution in [2.75, 3.05) is 33.4 Å². The Kier molecular flexibility index (Phi) is 10.1. The first-order valence-corrected chi connectivity index (χ1v) is 15.4. The standard InChI is InChI=1S/C33H42N8O4/c1-6-28-35-22(4)25(36-28)19-40-15-14-34-33(43)24-12-13-26(44-5)27(18-24)45-17-16-41-32(30(21(2)3)37-29(42)20-40)38-31(39-41)23-10-8-7-9-11-23/h7-13,18,21,30H,6,14-17,19-20H2,1-5H3,(H,34,43)(H,35,36)(H,37,42)/t30-/m1/s1. The van der Waals surface area contributed by atoms with Gasteiger partial charge >= 0.3 is 0 Å². The van der Waals surface area contributed by atoms with Crippen molar-refractivity contribution in [1.29, 1.82) is 0 Å². The summed E-state index contributed by atoms with van der Waals surface area (Å²) in [5.41, 5.74) is 3.16. The molecule has 2 aromatic carbocycles. The van der Waals surface area contributed by atoms with Crippen molar-refractivity contribution in [2.24, 2.45) is 5.92 Å². The number of imidazole rings is 1. The molecule has 0 saturated heterocycles. The fourth-order valence-corrected chi connectivity index (χ4v) is 5.32. The van der Waals surface area contributed by atoms with Gasteiger partial charge in [0, 0.05) is 42.9 Å². The number of benzene rings is 2. The lowest BCUT2D eigenvalue weighted by molar-refractivity contribution is -0.123. The van der Waals surface area contributed by atoms with Crippen molar-refractivity contribution in [3.8, 4) is 22.9 Å². The molecule has 3 heterocycles.